The summed E-state index contributed by atoms with van der Waals surface area (Å²) in [5.41, 5.74) is 1.93. The van der Waals surface area contributed by atoms with Gasteiger partial charge in [0, 0.05) is 30.1 Å². The van der Waals surface area contributed by atoms with E-state index in [9.17, 15) is 5.11 Å². The summed E-state index contributed by atoms with van der Waals surface area (Å²) >= 11 is 0. The van der Waals surface area contributed by atoms with E-state index in [1.807, 2.05) is 17.1 Å². The Morgan fingerprint density at radius 2 is 1.95 bits per heavy atom. The minimum absolute atomic E-state index is 0.192. The lowest BCUT2D eigenvalue weighted by Gasteiger charge is -2.21. The topological polar surface area (TPSA) is 50.9 Å². The fourth-order valence-corrected chi connectivity index (χ4v) is 2.83. The lowest BCUT2D eigenvalue weighted by Crippen LogP contribution is -2.14. The molecule has 0 atom stereocenters. The molecular formula is C15H19N3O. The van der Waals surface area contributed by atoms with Crippen LogP contribution in [0.25, 0.3) is 11.1 Å². The summed E-state index contributed by atoms with van der Waals surface area (Å²) < 4.78 is 2.02. The molecule has 4 heteroatoms. The molecule has 100 valence electrons. The Hall–Kier alpha value is -1.84. The van der Waals surface area contributed by atoms with Crippen LogP contribution in [0, 0.1) is 5.92 Å². The normalized spacial score (nSPS) is 16.6. The van der Waals surface area contributed by atoms with E-state index >= 15 is 0 Å². The molecule has 0 saturated heterocycles. The van der Waals surface area contributed by atoms with Crippen molar-refractivity contribution in [1.82, 2.24) is 14.8 Å². The standard InChI is InChI=1S/C15H19N3O/c19-15-6-13(7-16-9-15)14-8-17-18(11-14)10-12-4-2-1-3-5-12/h6-9,11-12,19H,1-5,10H2. The van der Waals surface area contributed by atoms with Gasteiger partial charge in [0.1, 0.15) is 5.75 Å². The highest BCUT2D eigenvalue weighted by atomic mass is 16.3. The van der Waals surface area contributed by atoms with Crippen LogP contribution in [0.3, 0.4) is 0 Å². The molecule has 0 amide bonds. The summed E-state index contributed by atoms with van der Waals surface area (Å²) in [6.07, 6.45) is 13.8. The number of aromatic nitrogens is 3. The van der Waals surface area contributed by atoms with E-state index in [0.29, 0.717) is 0 Å². The summed E-state index contributed by atoms with van der Waals surface area (Å²) in [6, 6.07) is 1.72. The largest absolute Gasteiger partial charge is 0.506 e. The van der Waals surface area contributed by atoms with Crippen molar-refractivity contribution in [3.05, 3.63) is 30.9 Å². The smallest absolute Gasteiger partial charge is 0.134 e. The van der Waals surface area contributed by atoms with Gasteiger partial charge < -0.3 is 5.11 Å². The molecule has 0 unspecified atom stereocenters. The van der Waals surface area contributed by atoms with Gasteiger partial charge in [-0.1, -0.05) is 19.3 Å². The zero-order valence-electron chi connectivity index (χ0n) is 11.0. The van der Waals surface area contributed by atoms with Gasteiger partial charge in [0.05, 0.1) is 12.4 Å². The van der Waals surface area contributed by atoms with Crippen LogP contribution in [0.4, 0.5) is 0 Å². The summed E-state index contributed by atoms with van der Waals surface area (Å²) in [5, 5.41) is 13.9. The Kier molecular flexibility index (Phi) is 3.49. The molecule has 2 aromatic rings. The van der Waals surface area contributed by atoms with E-state index < -0.39 is 0 Å². The van der Waals surface area contributed by atoms with E-state index in [-0.39, 0.29) is 5.75 Å². The van der Waals surface area contributed by atoms with Crippen LogP contribution >= 0.6 is 0 Å². The van der Waals surface area contributed by atoms with Crippen molar-refractivity contribution < 1.29 is 5.11 Å². The van der Waals surface area contributed by atoms with Gasteiger partial charge in [0.2, 0.25) is 0 Å². The third kappa shape index (κ3) is 2.95. The van der Waals surface area contributed by atoms with Crippen LogP contribution in [-0.4, -0.2) is 19.9 Å². The van der Waals surface area contributed by atoms with Gasteiger partial charge in [-0.2, -0.15) is 5.10 Å². The van der Waals surface area contributed by atoms with E-state index in [4.69, 9.17) is 0 Å². The maximum absolute atomic E-state index is 9.45. The first-order chi connectivity index (χ1) is 9.31. The number of hydrogen-bond donors (Lipinski definition) is 1. The van der Waals surface area contributed by atoms with Gasteiger partial charge in [-0.25, -0.2) is 0 Å². The van der Waals surface area contributed by atoms with Crippen molar-refractivity contribution >= 4 is 0 Å². The Morgan fingerprint density at radius 3 is 2.74 bits per heavy atom. The first kappa shape index (κ1) is 12.2. The average molecular weight is 257 g/mol. The lowest BCUT2D eigenvalue weighted by atomic mass is 9.89. The van der Waals surface area contributed by atoms with Crippen LogP contribution < -0.4 is 0 Å². The first-order valence-corrected chi connectivity index (χ1v) is 6.98. The summed E-state index contributed by atoms with van der Waals surface area (Å²) in [6.45, 7) is 1.01. The molecule has 4 nitrogen and oxygen atoms in total. The molecule has 1 aliphatic rings. The lowest BCUT2D eigenvalue weighted by molar-refractivity contribution is 0.308. The maximum atomic E-state index is 9.45. The van der Waals surface area contributed by atoms with Crippen molar-refractivity contribution in [3.8, 4) is 16.9 Å². The molecule has 1 N–H and O–H groups in total. The Morgan fingerprint density at radius 1 is 1.11 bits per heavy atom. The Balaban J connectivity index is 1.72. The number of aromatic hydroxyl groups is 1. The van der Waals surface area contributed by atoms with Gasteiger partial charge in [0.25, 0.3) is 0 Å². The second kappa shape index (κ2) is 5.43. The summed E-state index contributed by atoms with van der Waals surface area (Å²) in [5.74, 6) is 0.960. The molecule has 1 fully saturated rings. The predicted octanol–water partition coefficient (Wildman–Crippen LogP) is 3.23. The van der Waals surface area contributed by atoms with Gasteiger partial charge >= 0.3 is 0 Å². The Labute approximate surface area is 113 Å². The molecule has 0 spiro atoms. The molecule has 0 radical (unpaired) electrons. The van der Waals surface area contributed by atoms with Gasteiger partial charge in [-0.05, 0) is 24.8 Å². The van der Waals surface area contributed by atoms with Crippen molar-refractivity contribution in [3.63, 3.8) is 0 Å². The third-order valence-corrected chi connectivity index (χ3v) is 3.86. The monoisotopic (exact) mass is 257 g/mol. The van der Waals surface area contributed by atoms with E-state index in [1.54, 1.807) is 12.3 Å². The highest BCUT2D eigenvalue weighted by Crippen LogP contribution is 2.26. The SMILES string of the molecule is Oc1cncc(-c2cnn(CC3CCCCC3)c2)c1. The van der Waals surface area contributed by atoms with Crippen LogP contribution in [0.2, 0.25) is 0 Å². The van der Waals surface area contributed by atoms with Crippen molar-refractivity contribution in [2.45, 2.75) is 38.6 Å². The van der Waals surface area contributed by atoms with Crippen molar-refractivity contribution in [2.75, 3.05) is 0 Å². The van der Waals surface area contributed by atoms with Gasteiger partial charge in [-0.3, -0.25) is 9.67 Å². The van der Waals surface area contributed by atoms with Crippen LogP contribution in [0.5, 0.6) is 5.75 Å². The Bertz CT molecular complexity index is 544. The minimum Gasteiger partial charge on any atom is -0.506 e. The molecule has 3 rings (SSSR count). The molecule has 1 aliphatic carbocycles. The molecule has 0 aliphatic heterocycles. The van der Waals surface area contributed by atoms with Gasteiger partial charge in [0.15, 0.2) is 0 Å². The predicted molar refractivity (Wildman–Crippen MR) is 73.7 cm³/mol. The highest BCUT2D eigenvalue weighted by molar-refractivity contribution is 5.61. The second-order valence-electron chi connectivity index (χ2n) is 5.39. The zero-order valence-corrected chi connectivity index (χ0v) is 11.0. The number of nitrogens with zero attached hydrogens (tertiary/aromatic N) is 3. The van der Waals surface area contributed by atoms with E-state index in [0.717, 1.165) is 23.6 Å². The molecule has 1 saturated carbocycles. The molecule has 0 aromatic carbocycles. The van der Waals surface area contributed by atoms with Crippen LogP contribution in [0.1, 0.15) is 32.1 Å². The fraction of sp³-hybridized carbons (Fsp3) is 0.467. The minimum atomic E-state index is 0.192. The van der Waals surface area contributed by atoms with E-state index in [1.165, 1.54) is 38.3 Å². The molecule has 2 aromatic heterocycles. The van der Waals surface area contributed by atoms with Crippen molar-refractivity contribution in [2.24, 2.45) is 5.92 Å². The van der Waals surface area contributed by atoms with E-state index in [2.05, 4.69) is 10.1 Å². The number of hydrogen-bond acceptors (Lipinski definition) is 3. The molecule has 19 heavy (non-hydrogen) atoms. The molecular weight excluding hydrogens is 238 g/mol. The van der Waals surface area contributed by atoms with Crippen molar-refractivity contribution in [1.29, 1.82) is 0 Å². The number of pyridine rings is 1. The van der Waals surface area contributed by atoms with Crippen LogP contribution in [-0.2, 0) is 6.54 Å². The first-order valence-electron chi connectivity index (χ1n) is 6.98. The quantitative estimate of drug-likeness (QED) is 0.918. The van der Waals surface area contributed by atoms with Gasteiger partial charge in [-0.15, -0.1) is 0 Å². The third-order valence-electron chi connectivity index (χ3n) is 3.86. The summed E-state index contributed by atoms with van der Waals surface area (Å²) in [4.78, 5) is 4.00. The molecule has 2 heterocycles. The maximum Gasteiger partial charge on any atom is 0.134 e. The van der Waals surface area contributed by atoms with Crippen LogP contribution in [0.15, 0.2) is 30.9 Å². The number of rotatable bonds is 3. The summed E-state index contributed by atoms with van der Waals surface area (Å²) in [7, 11) is 0. The fourth-order valence-electron chi connectivity index (χ4n) is 2.83. The zero-order chi connectivity index (χ0) is 13.1. The highest BCUT2D eigenvalue weighted by Gasteiger charge is 2.14. The second-order valence-corrected chi connectivity index (χ2v) is 5.39. The molecule has 0 bridgehead atoms. The average Bonchev–Trinajstić information content (AvgIpc) is 2.88.